The number of aryl methyl sites for hydroxylation is 1. The Hall–Kier alpha value is -4.18. The molecule has 3 N–H and O–H groups in total. The second-order valence-corrected chi connectivity index (χ2v) is 7.60. The second kappa shape index (κ2) is 9.75. The van der Waals surface area contributed by atoms with Crippen molar-refractivity contribution in [3.8, 4) is 11.9 Å². The number of nitriles is 1. The lowest BCUT2D eigenvalue weighted by molar-refractivity contribution is 0.102. The SMILES string of the molecule is COc1cc(Nc2cc(NC(=O)c3cccc(C#N)c3C(C)C)ccc2C=N)cc(C)n1. The van der Waals surface area contributed by atoms with Crippen molar-refractivity contribution in [2.24, 2.45) is 0 Å². The van der Waals surface area contributed by atoms with E-state index in [-0.39, 0.29) is 11.8 Å². The molecular weight excluding hydrogens is 402 g/mol. The first-order chi connectivity index (χ1) is 15.4. The minimum atomic E-state index is -0.291. The minimum Gasteiger partial charge on any atom is -0.481 e. The lowest BCUT2D eigenvalue weighted by atomic mass is 9.92. The van der Waals surface area contributed by atoms with Crippen LogP contribution < -0.4 is 15.4 Å². The molecule has 3 rings (SSSR count). The number of amides is 1. The molecule has 162 valence electrons. The van der Waals surface area contributed by atoms with E-state index in [0.29, 0.717) is 33.9 Å². The van der Waals surface area contributed by atoms with Crippen molar-refractivity contribution in [1.29, 1.82) is 10.7 Å². The van der Waals surface area contributed by atoms with Gasteiger partial charge in [-0.05, 0) is 54.8 Å². The Bertz CT molecular complexity index is 1210. The zero-order valence-corrected chi connectivity index (χ0v) is 18.5. The topological polar surface area (TPSA) is 111 Å². The Morgan fingerprint density at radius 1 is 1.19 bits per heavy atom. The maximum Gasteiger partial charge on any atom is 0.255 e. The zero-order chi connectivity index (χ0) is 23.3. The maximum atomic E-state index is 13.0. The standard InChI is InChI=1S/C25H25N5O2/c1-15(2)24-18(14-27)6-5-7-21(24)25(31)30-19-9-8-17(13-26)22(11-19)29-20-10-16(3)28-23(12-20)32-4/h5-13,15,26H,1-4H3,(H,28,29)(H,30,31). The van der Waals surface area contributed by atoms with Crippen molar-refractivity contribution in [1.82, 2.24) is 4.98 Å². The molecule has 0 aliphatic carbocycles. The number of pyridine rings is 1. The number of hydrogen-bond donors (Lipinski definition) is 3. The van der Waals surface area contributed by atoms with Gasteiger partial charge in [-0.1, -0.05) is 19.9 Å². The molecule has 0 aliphatic rings. The van der Waals surface area contributed by atoms with E-state index in [2.05, 4.69) is 21.7 Å². The van der Waals surface area contributed by atoms with Gasteiger partial charge in [0.05, 0.1) is 18.7 Å². The van der Waals surface area contributed by atoms with Gasteiger partial charge in [0.2, 0.25) is 5.88 Å². The molecule has 3 aromatic rings. The Morgan fingerprint density at radius 3 is 2.62 bits per heavy atom. The lowest BCUT2D eigenvalue weighted by Crippen LogP contribution is -2.16. The summed E-state index contributed by atoms with van der Waals surface area (Å²) in [6.45, 7) is 5.78. The first-order valence-electron chi connectivity index (χ1n) is 10.1. The third-order valence-electron chi connectivity index (χ3n) is 4.93. The molecule has 1 aromatic heterocycles. The summed E-state index contributed by atoms with van der Waals surface area (Å²) in [5.41, 5.74) is 5.11. The molecule has 1 heterocycles. The van der Waals surface area contributed by atoms with Crippen molar-refractivity contribution >= 4 is 29.2 Å². The number of carbonyl (C=O) groups excluding carboxylic acids is 1. The van der Waals surface area contributed by atoms with E-state index in [9.17, 15) is 10.1 Å². The van der Waals surface area contributed by atoms with Gasteiger partial charge in [-0.15, -0.1) is 0 Å². The monoisotopic (exact) mass is 427 g/mol. The number of benzene rings is 2. The Labute approximate surface area is 187 Å². The van der Waals surface area contributed by atoms with E-state index < -0.39 is 0 Å². The van der Waals surface area contributed by atoms with Crippen LogP contribution in [0.2, 0.25) is 0 Å². The van der Waals surface area contributed by atoms with Crippen molar-refractivity contribution in [3.05, 3.63) is 76.5 Å². The summed E-state index contributed by atoms with van der Waals surface area (Å²) < 4.78 is 5.23. The zero-order valence-electron chi connectivity index (χ0n) is 18.5. The second-order valence-electron chi connectivity index (χ2n) is 7.60. The average molecular weight is 428 g/mol. The number of hydrogen-bond acceptors (Lipinski definition) is 6. The summed E-state index contributed by atoms with van der Waals surface area (Å²) in [6, 6.07) is 16.2. The van der Waals surface area contributed by atoms with Gasteiger partial charge in [-0.3, -0.25) is 4.79 Å². The lowest BCUT2D eigenvalue weighted by Gasteiger charge is -2.16. The van der Waals surface area contributed by atoms with Crippen molar-refractivity contribution in [3.63, 3.8) is 0 Å². The molecule has 0 spiro atoms. The molecule has 0 fully saturated rings. The normalized spacial score (nSPS) is 10.4. The molecule has 1 amide bonds. The number of ether oxygens (including phenoxy) is 1. The van der Waals surface area contributed by atoms with Crippen LogP contribution in [0.5, 0.6) is 5.88 Å². The summed E-state index contributed by atoms with van der Waals surface area (Å²) in [7, 11) is 1.55. The largest absolute Gasteiger partial charge is 0.481 e. The van der Waals surface area contributed by atoms with Crippen LogP contribution in [0.25, 0.3) is 0 Å². The molecule has 0 bridgehead atoms. The fraction of sp³-hybridized carbons (Fsp3) is 0.200. The summed E-state index contributed by atoms with van der Waals surface area (Å²) in [5, 5.41) is 23.3. The van der Waals surface area contributed by atoms with E-state index >= 15 is 0 Å². The van der Waals surface area contributed by atoms with E-state index in [1.165, 1.54) is 6.21 Å². The molecule has 0 saturated heterocycles. The van der Waals surface area contributed by atoms with E-state index in [1.54, 1.807) is 49.6 Å². The van der Waals surface area contributed by atoms with Gasteiger partial charge in [-0.25, -0.2) is 4.98 Å². The smallest absolute Gasteiger partial charge is 0.255 e. The van der Waals surface area contributed by atoms with Crippen LogP contribution in [0, 0.1) is 23.7 Å². The number of methoxy groups -OCH3 is 1. The van der Waals surface area contributed by atoms with Crippen molar-refractivity contribution < 1.29 is 9.53 Å². The Balaban J connectivity index is 1.93. The van der Waals surface area contributed by atoms with Crippen LogP contribution in [-0.4, -0.2) is 24.2 Å². The fourth-order valence-electron chi connectivity index (χ4n) is 3.52. The van der Waals surface area contributed by atoms with Gasteiger partial charge in [0.15, 0.2) is 0 Å². The molecule has 32 heavy (non-hydrogen) atoms. The van der Waals surface area contributed by atoms with Crippen LogP contribution in [0.15, 0.2) is 48.5 Å². The van der Waals surface area contributed by atoms with E-state index in [4.69, 9.17) is 10.1 Å². The summed E-state index contributed by atoms with van der Waals surface area (Å²) in [4.78, 5) is 17.3. The highest BCUT2D eigenvalue weighted by Gasteiger charge is 2.18. The quantitative estimate of drug-likeness (QED) is 0.438. The number of carbonyl (C=O) groups is 1. The molecule has 0 atom stereocenters. The van der Waals surface area contributed by atoms with Gasteiger partial charge in [0.25, 0.3) is 5.91 Å². The van der Waals surface area contributed by atoms with E-state index in [1.807, 2.05) is 26.8 Å². The maximum absolute atomic E-state index is 13.0. The third kappa shape index (κ3) is 4.93. The highest BCUT2D eigenvalue weighted by atomic mass is 16.5. The Morgan fingerprint density at radius 2 is 1.97 bits per heavy atom. The van der Waals surface area contributed by atoms with Crippen molar-refractivity contribution in [2.45, 2.75) is 26.7 Å². The van der Waals surface area contributed by atoms with Crippen LogP contribution in [0.1, 0.15) is 52.5 Å². The first-order valence-corrected chi connectivity index (χ1v) is 10.1. The molecular formula is C25H25N5O2. The molecule has 0 saturated carbocycles. The first kappa shape index (κ1) is 22.5. The van der Waals surface area contributed by atoms with Crippen LogP contribution >= 0.6 is 0 Å². The Kier molecular flexibility index (Phi) is 6.86. The molecule has 7 heteroatoms. The fourth-order valence-corrected chi connectivity index (χ4v) is 3.52. The number of anilines is 3. The highest BCUT2D eigenvalue weighted by Crippen LogP contribution is 2.28. The number of rotatable bonds is 7. The number of aromatic nitrogens is 1. The summed E-state index contributed by atoms with van der Waals surface area (Å²) in [6.07, 6.45) is 1.24. The summed E-state index contributed by atoms with van der Waals surface area (Å²) >= 11 is 0. The van der Waals surface area contributed by atoms with Gasteiger partial charge in [0.1, 0.15) is 0 Å². The minimum absolute atomic E-state index is 0.0222. The molecule has 0 radical (unpaired) electrons. The average Bonchev–Trinajstić information content (AvgIpc) is 2.78. The van der Waals surface area contributed by atoms with Gasteiger partial charge >= 0.3 is 0 Å². The summed E-state index contributed by atoms with van der Waals surface area (Å²) in [5.74, 6) is 0.210. The molecule has 7 nitrogen and oxygen atoms in total. The third-order valence-corrected chi connectivity index (χ3v) is 4.93. The molecule has 0 aliphatic heterocycles. The van der Waals surface area contributed by atoms with Crippen molar-refractivity contribution in [2.75, 3.05) is 17.7 Å². The number of nitrogens with one attached hydrogen (secondary N) is 3. The van der Waals surface area contributed by atoms with Gasteiger partial charge in [-0.2, -0.15) is 5.26 Å². The molecule has 2 aromatic carbocycles. The van der Waals surface area contributed by atoms with Crippen LogP contribution in [0.3, 0.4) is 0 Å². The van der Waals surface area contributed by atoms with E-state index in [0.717, 1.165) is 16.9 Å². The van der Waals surface area contributed by atoms with Gasteiger partial charge < -0.3 is 20.8 Å². The van der Waals surface area contributed by atoms with Crippen LogP contribution in [-0.2, 0) is 0 Å². The van der Waals surface area contributed by atoms with Crippen LogP contribution in [0.4, 0.5) is 17.1 Å². The molecule has 0 unspecified atom stereocenters. The predicted molar refractivity (Wildman–Crippen MR) is 126 cm³/mol. The predicted octanol–water partition coefficient (Wildman–Crippen LogP) is 5.39. The van der Waals surface area contributed by atoms with Gasteiger partial charge in [0, 0.05) is 46.2 Å². The highest BCUT2D eigenvalue weighted by molar-refractivity contribution is 6.06. The number of nitrogens with zero attached hydrogens (tertiary/aromatic N) is 2.